The van der Waals surface area contributed by atoms with Crippen LogP contribution in [0.5, 0.6) is 0 Å². The van der Waals surface area contributed by atoms with Crippen LogP contribution >= 0.6 is 11.3 Å². The van der Waals surface area contributed by atoms with E-state index < -0.39 is 5.41 Å². The number of para-hydroxylation sites is 2. The second-order valence-corrected chi connectivity index (χ2v) is 10.1. The molecular weight excluding hydrogens is 450 g/mol. The summed E-state index contributed by atoms with van der Waals surface area (Å²) < 4.78 is 10.3. The van der Waals surface area contributed by atoms with Crippen LogP contribution in [-0.2, 0) is 29.6 Å². The molecular formula is C25H23N5O3S. The lowest BCUT2D eigenvalue weighted by atomic mass is 9.83. The summed E-state index contributed by atoms with van der Waals surface area (Å²) in [6, 6.07) is 15.4. The molecule has 0 atom stereocenters. The summed E-state index contributed by atoms with van der Waals surface area (Å²) in [5.74, 6) is 0.693. The second-order valence-electron chi connectivity index (χ2n) is 8.95. The number of carbonyl (C=O) groups is 1. The van der Waals surface area contributed by atoms with Crippen molar-refractivity contribution in [1.29, 1.82) is 0 Å². The highest BCUT2D eigenvalue weighted by molar-refractivity contribution is 7.18. The average Bonchev–Trinajstić information content (AvgIpc) is 3.59. The molecule has 8 nitrogen and oxygen atoms in total. The third kappa shape index (κ3) is 3.30. The van der Waals surface area contributed by atoms with Gasteiger partial charge in [-0.05, 0) is 37.1 Å². The largest absolute Gasteiger partial charge is 0.457 e. The Morgan fingerprint density at radius 2 is 1.85 bits per heavy atom. The summed E-state index contributed by atoms with van der Waals surface area (Å²) in [7, 11) is 1.67. The number of hydrogen-bond acceptors (Lipinski definition) is 7. The van der Waals surface area contributed by atoms with Gasteiger partial charge in [0.2, 0.25) is 5.78 Å². The van der Waals surface area contributed by atoms with E-state index in [2.05, 4.69) is 16.3 Å². The molecule has 34 heavy (non-hydrogen) atoms. The van der Waals surface area contributed by atoms with Gasteiger partial charge in [-0.3, -0.25) is 18.6 Å². The molecule has 1 saturated carbocycles. The molecule has 5 aromatic rings. The van der Waals surface area contributed by atoms with Crippen LogP contribution in [-0.4, -0.2) is 30.1 Å². The number of carbonyl (C=O) groups excluding carboxylic acids is 1. The molecule has 6 rings (SSSR count). The highest BCUT2D eigenvalue weighted by Gasteiger charge is 2.43. The molecule has 172 valence electrons. The van der Waals surface area contributed by atoms with Gasteiger partial charge in [0.25, 0.3) is 5.56 Å². The standard InChI is InChI=1S/C25H23N5O3S/c1-29-22(31)16-8-2-4-10-18(16)30-20(27-28-24(29)30)15-33-23(32)25(12-6-7-13-25)14-21-26-17-9-3-5-11-19(17)34-21/h2-5,8-11H,6-7,12-15H2,1H3. The molecule has 0 radical (unpaired) electrons. The van der Waals surface area contributed by atoms with Gasteiger partial charge in [-0.1, -0.05) is 37.1 Å². The first-order valence-electron chi connectivity index (χ1n) is 11.4. The molecule has 2 aromatic carbocycles. The van der Waals surface area contributed by atoms with Crippen molar-refractivity contribution in [2.75, 3.05) is 0 Å². The summed E-state index contributed by atoms with van der Waals surface area (Å²) in [5.41, 5.74) is 0.960. The average molecular weight is 474 g/mol. The maximum absolute atomic E-state index is 13.4. The van der Waals surface area contributed by atoms with Crippen molar-refractivity contribution in [2.45, 2.75) is 38.7 Å². The molecule has 1 fully saturated rings. The summed E-state index contributed by atoms with van der Waals surface area (Å²) in [6.45, 7) is -0.0101. The lowest BCUT2D eigenvalue weighted by molar-refractivity contribution is -0.157. The fourth-order valence-corrected chi connectivity index (χ4v) is 6.17. The quantitative estimate of drug-likeness (QED) is 0.358. The summed E-state index contributed by atoms with van der Waals surface area (Å²) in [6.07, 6.45) is 4.17. The van der Waals surface area contributed by atoms with E-state index in [1.54, 1.807) is 28.9 Å². The predicted molar refractivity (Wildman–Crippen MR) is 130 cm³/mol. The van der Waals surface area contributed by atoms with Crippen molar-refractivity contribution in [3.05, 3.63) is 69.7 Å². The predicted octanol–water partition coefficient (Wildman–Crippen LogP) is 4.04. The topological polar surface area (TPSA) is 91.4 Å². The first-order chi connectivity index (χ1) is 16.6. The van der Waals surface area contributed by atoms with Gasteiger partial charge in [-0.2, -0.15) is 0 Å². The van der Waals surface area contributed by atoms with E-state index in [1.165, 1.54) is 4.57 Å². The minimum atomic E-state index is -0.566. The number of aromatic nitrogens is 5. The number of benzene rings is 2. The molecule has 0 amide bonds. The molecule has 1 aliphatic rings. The van der Waals surface area contributed by atoms with Crippen LogP contribution in [0, 0.1) is 5.41 Å². The maximum atomic E-state index is 13.4. The summed E-state index contributed by atoms with van der Waals surface area (Å²) >= 11 is 1.64. The Kier molecular flexibility index (Phi) is 4.95. The smallest absolute Gasteiger partial charge is 0.312 e. The van der Waals surface area contributed by atoms with Crippen molar-refractivity contribution in [2.24, 2.45) is 12.5 Å². The number of ether oxygens (including phenoxy) is 1. The van der Waals surface area contributed by atoms with Crippen LogP contribution in [0.15, 0.2) is 53.3 Å². The zero-order valence-electron chi connectivity index (χ0n) is 18.7. The van der Waals surface area contributed by atoms with Crippen molar-refractivity contribution >= 4 is 44.2 Å². The number of esters is 1. The molecule has 1 aliphatic carbocycles. The second kappa shape index (κ2) is 8.02. The highest BCUT2D eigenvalue weighted by Crippen LogP contribution is 2.43. The van der Waals surface area contributed by atoms with E-state index in [1.807, 2.05) is 36.4 Å². The van der Waals surface area contributed by atoms with Gasteiger partial charge in [-0.25, -0.2) is 4.98 Å². The number of aryl methyl sites for hydroxylation is 1. The lowest BCUT2D eigenvalue weighted by Gasteiger charge is -2.25. The van der Waals surface area contributed by atoms with Crippen molar-refractivity contribution < 1.29 is 9.53 Å². The fraction of sp³-hybridized carbons (Fsp3) is 0.320. The third-order valence-corrected chi connectivity index (χ3v) is 7.88. The van der Waals surface area contributed by atoms with Crippen molar-refractivity contribution in [1.82, 2.24) is 24.1 Å². The van der Waals surface area contributed by atoms with Crippen LogP contribution in [0.3, 0.4) is 0 Å². The van der Waals surface area contributed by atoms with Crippen LogP contribution < -0.4 is 5.56 Å². The molecule has 0 bridgehead atoms. The Labute approximate surface area is 198 Å². The van der Waals surface area contributed by atoms with Gasteiger partial charge >= 0.3 is 5.97 Å². The first kappa shape index (κ1) is 21.0. The normalized spacial score (nSPS) is 15.4. The van der Waals surface area contributed by atoms with Gasteiger partial charge in [-0.15, -0.1) is 21.5 Å². The Balaban J connectivity index is 1.30. The van der Waals surface area contributed by atoms with E-state index in [4.69, 9.17) is 9.72 Å². The Morgan fingerprint density at radius 1 is 1.09 bits per heavy atom. The highest BCUT2D eigenvalue weighted by atomic mass is 32.1. The number of fused-ring (bicyclic) bond motifs is 4. The van der Waals surface area contributed by atoms with Crippen LogP contribution in [0.1, 0.15) is 36.5 Å². The monoisotopic (exact) mass is 473 g/mol. The first-order valence-corrected chi connectivity index (χ1v) is 12.2. The molecule has 0 unspecified atom stereocenters. The zero-order chi connectivity index (χ0) is 23.3. The molecule has 3 aromatic heterocycles. The van der Waals surface area contributed by atoms with Gasteiger partial charge in [0.05, 0.1) is 31.5 Å². The SMILES string of the molecule is Cn1c(=O)c2ccccc2n2c(COC(=O)C3(Cc4nc5ccccc5s4)CCCC3)nnc12. The summed E-state index contributed by atoms with van der Waals surface area (Å²) in [5, 5.41) is 9.97. The van der Waals surface area contributed by atoms with E-state index in [0.29, 0.717) is 28.9 Å². The third-order valence-electron chi connectivity index (χ3n) is 6.85. The Hall–Kier alpha value is -3.59. The number of thiazole rings is 1. The molecule has 0 aliphatic heterocycles. The minimum Gasteiger partial charge on any atom is -0.457 e. The maximum Gasteiger partial charge on any atom is 0.312 e. The zero-order valence-corrected chi connectivity index (χ0v) is 19.5. The summed E-state index contributed by atoms with van der Waals surface area (Å²) in [4.78, 5) is 30.9. The number of rotatable bonds is 5. The van der Waals surface area contributed by atoms with E-state index in [0.717, 1.165) is 40.9 Å². The number of nitrogens with zero attached hydrogens (tertiary/aromatic N) is 5. The van der Waals surface area contributed by atoms with E-state index >= 15 is 0 Å². The van der Waals surface area contributed by atoms with Gasteiger partial charge in [0, 0.05) is 13.5 Å². The van der Waals surface area contributed by atoms with Gasteiger partial charge in [0.15, 0.2) is 12.4 Å². The van der Waals surface area contributed by atoms with E-state index in [9.17, 15) is 9.59 Å². The Bertz CT molecular complexity index is 1580. The van der Waals surface area contributed by atoms with Crippen molar-refractivity contribution in [3.8, 4) is 0 Å². The molecule has 0 spiro atoms. The van der Waals surface area contributed by atoms with Crippen molar-refractivity contribution in [3.63, 3.8) is 0 Å². The minimum absolute atomic E-state index is 0.0101. The number of hydrogen-bond donors (Lipinski definition) is 0. The fourth-order valence-electron chi connectivity index (χ4n) is 5.06. The lowest BCUT2D eigenvalue weighted by Crippen LogP contribution is -2.32. The molecule has 3 heterocycles. The van der Waals surface area contributed by atoms with E-state index in [-0.39, 0.29) is 18.1 Å². The van der Waals surface area contributed by atoms with Gasteiger partial charge < -0.3 is 4.74 Å². The van der Waals surface area contributed by atoms with Crippen LogP contribution in [0.2, 0.25) is 0 Å². The van der Waals surface area contributed by atoms with Crippen LogP contribution in [0.4, 0.5) is 0 Å². The molecule has 0 N–H and O–H groups in total. The molecule has 0 saturated heterocycles. The Morgan fingerprint density at radius 3 is 2.68 bits per heavy atom. The molecule has 9 heteroatoms. The van der Waals surface area contributed by atoms with Gasteiger partial charge in [0.1, 0.15) is 0 Å². The van der Waals surface area contributed by atoms with Crippen LogP contribution in [0.25, 0.3) is 26.9 Å².